The predicted molar refractivity (Wildman–Crippen MR) is 172 cm³/mol. The number of halogens is 2. The second-order valence-electron chi connectivity index (χ2n) is 11.6. The number of rotatable bonds is 8. The summed E-state index contributed by atoms with van der Waals surface area (Å²) in [5, 5.41) is 0. The van der Waals surface area contributed by atoms with Gasteiger partial charge in [0.05, 0.1) is 0 Å². The zero-order valence-electron chi connectivity index (χ0n) is 25.1. The Labute approximate surface area is 273 Å². The molecular formula is C38H40Cl2SiZr. The van der Waals surface area contributed by atoms with Gasteiger partial charge in [0.25, 0.3) is 0 Å². The van der Waals surface area contributed by atoms with Gasteiger partial charge in [-0.3, -0.25) is 0 Å². The molecule has 0 saturated carbocycles. The quantitative estimate of drug-likeness (QED) is 0.227. The Kier molecular flexibility index (Phi) is 11.5. The van der Waals surface area contributed by atoms with E-state index in [0.717, 1.165) is 0 Å². The van der Waals surface area contributed by atoms with Crippen molar-refractivity contribution < 1.29 is 45.2 Å². The summed E-state index contributed by atoms with van der Waals surface area (Å²) in [4.78, 5) is 0. The fraction of sp³-hybridized carbons (Fsp3) is 0.263. The fourth-order valence-corrected chi connectivity index (χ4v) is 35.1. The summed E-state index contributed by atoms with van der Waals surface area (Å²) in [6.07, 6.45) is 7.82. The first-order valence-electron chi connectivity index (χ1n) is 15.1. The van der Waals surface area contributed by atoms with Crippen LogP contribution in [-0.4, -0.2) is 5.43 Å². The minimum absolute atomic E-state index is 0. The molecule has 0 amide bonds. The van der Waals surface area contributed by atoms with E-state index in [9.17, 15) is 0 Å². The average molecular weight is 687 g/mol. The molecule has 4 aromatic rings. The Bertz CT molecular complexity index is 1520. The standard InChI is InChI=1S/2C16H13.C6H14Si.2ClH.Zr/c2*1-12-10-14-8-5-9-15(16(14)11-12)13-6-3-2-4-7-13;1-3-5-7-6-4-2;;;/h2*2-11H,1H3;3-6H2,1-2H3;2*1H;/q;;;;;+2/p-2. The van der Waals surface area contributed by atoms with E-state index < -0.39 is 25.8 Å². The summed E-state index contributed by atoms with van der Waals surface area (Å²) >= 11 is -2.17. The topological polar surface area (TPSA) is 0 Å². The van der Waals surface area contributed by atoms with Crippen LogP contribution in [0.2, 0.25) is 12.1 Å². The normalized spacial score (nSPS) is 16.2. The number of hydrogen-bond acceptors (Lipinski definition) is 0. The molecule has 0 nitrogen and oxygen atoms in total. The molecular weight excluding hydrogens is 647 g/mol. The maximum atomic E-state index is 2.58. The van der Waals surface area contributed by atoms with Crippen LogP contribution in [0.3, 0.4) is 0 Å². The Hall–Kier alpha value is -1.96. The molecule has 2 aliphatic rings. The van der Waals surface area contributed by atoms with E-state index in [1.807, 2.05) is 0 Å². The molecule has 4 heteroatoms. The summed E-state index contributed by atoms with van der Waals surface area (Å²) in [7, 11) is 0. The van der Waals surface area contributed by atoms with Crippen LogP contribution in [0.25, 0.3) is 34.4 Å². The second kappa shape index (κ2) is 14.7. The first kappa shape index (κ1) is 32.9. The van der Waals surface area contributed by atoms with E-state index in [4.69, 9.17) is 0 Å². The van der Waals surface area contributed by atoms with Gasteiger partial charge in [-0.05, 0) is 0 Å². The molecule has 2 atom stereocenters. The molecule has 0 heterocycles. The maximum Gasteiger partial charge on any atom is -1.00 e. The summed E-state index contributed by atoms with van der Waals surface area (Å²) in [5.74, 6) is 0. The Morgan fingerprint density at radius 3 is 1.33 bits per heavy atom. The van der Waals surface area contributed by atoms with Crippen LogP contribution in [0.5, 0.6) is 0 Å². The molecule has 0 bridgehead atoms. The third-order valence-electron chi connectivity index (χ3n) is 8.86. The van der Waals surface area contributed by atoms with E-state index in [-0.39, 0.29) is 24.8 Å². The van der Waals surface area contributed by atoms with Crippen molar-refractivity contribution in [2.75, 3.05) is 0 Å². The van der Waals surface area contributed by atoms with Gasteiger partial charge in [0, 0.05) is 0 Å². The molecule has 0 aromatic heterocycles. The average Bonchev–Trinajstić information content (AvgIpc) is 3.50. The molecule has 42 heavy (non-hydrogen) atoms. The van der Waals surface area contributed by atoms with Gasteiger partial charge in [0.15, 0.2) is 0 Å². The minimum atomic E-state index is -2.17. The van der Waals surface area contributed by atoms with Crippen molar-refractivity contribution in [1.29, 1.82) is 0 Å². The van der Waals surface area contributed by atoms with Crippen LogP contribution in [0.15, 0.2) is 108 Å². The van der Waals surface area contributed by atoms with E-state index in [2.05, 4.69) is 137 Å². The monoisotopic (exact) mass is 684 g/mol. The van der Waals surface area contributed by atoms with E-state index in [0.29, 0.717) is 7.25 Å². The Morgan fingerprint density at radius 2 is 0.952 bits per heavy atom. The van der Waals surface area contributed by atoms with Gasteiger partial charge in [0.2, 0.25) is 0 Å². The molecule has 0 aliphatic heterocycles. The zero-order valence-corrected chi connectivity index (χ0v) is 30.1. The van der Waals surface area contributed by atoms with Gasteiger partial charge < -0.3 is 24.8 Å². The Morgan fingerprint density at radius 1 is 0.548 bits per heavy atom. The molecule has 2 unspecified atom stereocenters. The van der Waals surface area contributed by atoms with Crippen LogP contribution in [0.1, 0.15) is 70.0 Å². The summed E-state index contributed by atoms with van der Waals surface area (Å²) in [5.41, 5.74) is 14.6. The molecule has 4 aromatic carbocycles. The van der Waals surface area contributed by atoms with E-state index >= 15 is 0 Å². The largest absolute Gasteiger partial charge is 1.00 e. The molecule has 2 aliphatic carbocycles. The SMILES string of the molecule is CCC[Si](CCC)=[Zr+2]([CH]1C(C)=Cc2c(-c3ccccc3)cccc21)[CH]1C(C)=Cc2c(-c3ccccc3)cccc21.[Cl-].[Cl-]. The van der Waals surface area contributed by atoms with Gasteiger partial charge in [-0.1, -0.05) is 0 Å². The number of fused-ring (bicyclic) bond motifs is 2. The molecule has 0 saturated heterocycles. The smallest absolute Gasteiger partial charge is 1.00 e. The van der Waals surface area contributed by atoms with Crippen LogP contribution < -0.4 is 24.8 Å². The first-order chi connectivity index (χ1) is 19.6. The first-order valence-corrected chi connectivity index (χ1v) is 23.5. The molecule has 0 radical (unpaired) electrons. The summed E-state index contributed by atoms with van der Waals surface area (Å²) in [6, 6.07) is 39.4. The molecule has 6 rings (SSSR count). The second-order valence-corrected chi connectivity index (χ2v) is 27.5. The van der Waals surface area contributed by atoms with Crippen molar-refractivity contribution in [1.82, 2.24) is 0 Å². The maximum absolute atomic E-state index is 2.58. The van der Waals surface area contributed by atoms with Gasteiger partial charge in [-0.25, -0.2) is 0 Å². The van der Waals surface area contributed by atoms with Crippen LogP contribution in [0.4, 0.5) is 0 Å². The zero-order chi connectivity index (χ0) is 27.6. The third-order valence-corrected chi connectivity index (χ3v) is 31.8. The van der Waals surface area contributed by atoms with Gasteiger partial charge in [-0.15, -0.1) is 0 Å². The van der Waals surface area contributed by atoms with Crippen LogP contribution >= 0.6 is 0 Å². The number of benzene rings is 4. The third kappa shape index (κ3) is 6.16. The van der Waals surface area contributed by atoms with Crippen molar-refractivity contribution in [2.45, 2.75) is 59.9 Å². The van der Waals surface area contributed by atoms with Crippen molar-refractivity contribution in [3.8, 4) is 22.3 Å². The molecule has 0 fully saturated rings. The predicted octanol–water partition coefficient (Wildman–Crippen LogP) is 5.07. The van der Waals surface area contributed by atoms with Crippen molar-refractivity contribution >= 4 is 17.6 Å². The fourth-order valence-electron chi connectivity index (χ4n) is 7.26. The van der Waals surface area contributed by atoms with Crippen LogP contribution in [0, 0.1) is 0 Å². The minimum Gasteiger partial charge on any atom is -1.00 e. The molecule has 0 spiro atoms. The van der Waals surface area contributed by atoms with E-state index in [1.165, 1.54) is 58.3 Å². The summed E-state index contributed by atoms with van der Waals surface area (Å²) in [6.45, 7) is 9.79. The molecule has 0 N–H and O–H groups in total. The van der Waals surface area contributed by atoms with Gasteiger partial charge in [-0.2, -0.15) is 0 Å². The van der Waals surface area contributed by atoms with Gasteiger partial charge >= 0.3 is 251 Å². The van der Waals surface area contributed by atoms with Crippen molar-refractivity contribution in [3.63, 3.8) is 0 Å². The molecule has 214 valence electrons. The Balaban J connectivity index is 0.00000202. The number of hydrogen-bond donors (Lipinski definition) is 0. The summed E-state index contributed by atoms with van der Waals surface area (Å²) < 4.78 is 1.35. The van der Waals surface area contributed by atoms with Crippen molar-refractivity contribution in [3.05, 3.63) is 130 Å². The number of allylic oxidation sites excluding steroid dienone is 2. The van der Waals surface area contributed by atoms with Gasteiger partial charge in [0.1, 0.15) is 0 Å². The van der Waals surface area contributed by atoms with Crippen molar-refractivity contribution in [2.24, 2.45) is 0 Å². The van der Waals surface area contributed by atoms with E-state index in [1.54, 1.807) is 22.3 Å². The van der Waals surface area contributed by atoms with Crippen LogP contribution in [-0.2, 0) is 20.4 Å².